The quantitative estimate of drug-likeness (QED) is 0.650. The van der Waals surface area contributed by atoms with Gasteiger partial charge in [0.2, 0.25) is 0 Å². The lowest BCUT2D eigenvalue weighted by molar-refractivity contribution is 0.0863. The molecule has 4 amide bonds. The van der Waals surface area contributed by atoms with Gasteiger partial charge in [-0.25, -0.2) is 0 Å². The second-order valence-corrected chi connectivity index (χ2v) is 7.76. The van der Waals surface area contributed by atoms with Crippen molar-refractivity contribution in [3.63, 3.8) is 0 Å². The van der Waals surface area contributed by atoms with Gasteiger partial charge in [0.15, 0.2) is 0 Å². The fourth-order valence-electron chi connectivity index (χ4n) is 3.51. The number of carbonyl (C=O) groups is 4. The van der Waals surface area contributed by atoms with E-state index in [0.717, 1.165) is 0 Å². The number of carbonyl (C=O) groups excluding carboxylic acids is 4. The van der Waals surface area contributed by atoms with Gasteiger partial charge in [-0.2, -0.15) is 0 Å². The fraction of sp³-hybridized carbons (Fsp3) is 0.111. The van der Waals surface area contributed by atoms with Crippen LogP contribution in [0, 0.1) is 0 Å². The molecule has 4 rings (SSSR count). The zero-order chi connectivity index (χ0) is 18.7. The summed E-state index contributed by atoms with van der Waals surface area (Å²) in [4.78, 5) is 48.6. The summed E-state index contributed by atoms with van der Waals surface area (Å²) in [6.45, 7) is 1.83. The minimum absolute atomic E-state index is 0.283. The molecule has 0 bridgehead atoms. The molecule has 0 unspecified atom stereocenters. The largest absolute Gasteiger partial charge is 0.288 e. The molecular formula is C18H10Br2N2O4. The number of benzene rings is 2. The Balaban J connectivity index is 1.99. The Kier molecular flexibility index (Phi) is 3.85. The lowest BCUT2D eigenvalue weighted by atomic mass is 9.84. The molecule has 0 spiro atoms. The number of nitrogens with one attached hydrogen (secondary N) is 2. The molecule has 26 heavy (non-hydrogen) atoms. The van der Waals surface area contributed by atoms with Crippen molar-refractivity contribution in [2.24, 2.45) is 0 Å². The van der Waals surface area contributed by atoms with Gasteiger partial charge in [0, 0.05) is 14.9 Å². The third-order valence-corrected chi connectivity index (χ3v) is 6.03. The van der Waals surface area contributed by atoms with Gasteiger partial charge in [-0.1, -0.05) is 38.8 Å². The monoisotopic (exact) mass is 476 g/mol. The number of rotatable bonds is 2. The highest BCUT2D eigenvalue weighted by Gasteiger charge is 2.37. The van der Waals surface area contributed by atoms with Gasteiger partial charge in [0.1, 0.15) is 0 Å². The Morgan fingerprint density at radius 2 is 1.08 bits per heavy atom. The molecule has 0 aromatic heterocycles. The van der Waals surface area contributed by atoms with E-state index >= 15 is 0 Å². The maximum absolute atomic E-state index is 12.3. The molecule has 8 heteroatoms. The van der Waals surface area contributed by atoms with Crippen molar-refractivity contribution in [1.29, 1.82) is 0 Å². The van der Waals surface area contributed by atoms with Crippen LogP contribution in [0.5, 0.6) is 0 Å². The number of hydrogen-bond acceptors (Lipinski definition) is 4. The first-order valence-corrected chi connectivity index (χ1v) is 9.26. The Morgan fingerprint density at radius 3 is 1.46 bits per heavy atom. The van der Waals surface area contributed by atoms with Crippen LogP contribution in [0.15, 0.2) is 33.2 Å². The maximum Gasteiger partial charge on any atom is 0.259 e. The molecule has 2 N–H and O–H groups in total. The minimum atomic E-state index is -0.475. The highest BCUT2D eigenvalue weighted by Crippen LogP contribution is 2.41. The molecule has 2 aliphatic rings. The molecule has 0 saturated carbocycles. The number of halogens is 2. The fourth-order valence-corrected chi connectivity index (χ4v) is 4.86. The highest BCUT2D eigenvalue weighted by molar-refractivity contribution is 9.10. The summed E-state index contributed by atoms with van der Waals surface area (Å²) in [5.74, 6) is -2.28. The third-order valence-electron chi connectivity index (χ3n) is 4.65. The van der Waals surface area contributed by atoms with Crippen LogP contribution in [-0.4, -0.2) is 23.6 Å². The Bertz CT molecular complexity index is 978. The number of hydrogen-bond donors (Lipinski definition) is 2. The average molecular weight is 478 g/mol. The molecule has 2 aromatic carbocycles. The van der Waals surface area contributed by atoms with E-state index in [1.54, 1.807) is 24.3 Å². The topological polar surface area (TPSA) is 92.3 Å². The van der Waals surface area contributed by atoms with Crippen LogP contribution in [0.3, 0.4) is 0 Å². The van der Waals surface area contributed by atoms with Gasteiger partial charge in [-0.05, 0) is 35.4 Å². The minimum Gasteiger partial charge on any atom is -0.288 e. The lowest BCUT2D eigenvalue weighted by Gasteiger charge is -2.20. The second-order valence-electron chi connectivity index (χ2n) is 6.06. The van der Waals surface area contributed by atoms with Gasteiger partial charge in [-0.15, -0.1) is 0 Å². The zero-order valence-corrected chi connectivity index (χ0v) is 16.4. The van der Waals surface area contributed by atoms with Gasteiger partial charge >= 0.3 is 0 Å². The van der Waals surface area contributed by atoms with Crippen LogP contribution in [0.1, 0.15) is 65.4 Å². The molecule has 0 radical (unpaired) electrons. The van der Waals surface area contributed by atoms with Crippen molar-refractivity contribution in [3.8, 4) is 0 Å². The second kappa shape index (κ2) is 5.85. The van der Waals surface area contributed by atoms with Crippen molar-refractivity contribution in [2.75, 3.05) is 0 Å². The van der Waals surface area contributed by atoms with Crippen LogP contribution in [0.2, 0.25) is 0 Å². The highest BCUT2D eigenvalue weighted by atomic mass is 79.9. The summed E-state index contributed by atoms with van der Waals surface area (Å²) in [6.07, 6.45) is 0. The van der Waals surface area contributed by atoms with Crippen molar-refractivity contribution in [3.05, 3.63) is 66.6 Å². The van der Waals surface area contributed by atoms with Crippen LogP contribution >= 0.6 is 31.9 Å². The first kappa shape index (κ1) is 17.1. The van der Waals surface area contributed by atoms with E-state index in [1.165, 1.54) is 0 Å². The summed E-state index contributed by atoms with van der Waals surface area (Å²) >= 11 is 6.91. The molecule has 2 aromatic rings. The predicted octanol–water partition coefficient (Wildman–Crippen LogP) is 3.13. The Hall–Kier alpha value is -2.32. The SMILES string of the molecule is CC(c1c(Br)ccc2c1C(=O)NC2=O)c1c(Br)ccc2c1C(=O)NC2=O. The molecule has 0 saturated heterocycles. The van der Waals surface area contributed by atoms with E-state index in [2.05, 4.69) is 42.5 Å². The maximum atomic E-state index is 12.3. The Morgan fingerprint density at radius 1 is 0.692 bits per heavy atom. The van der Waals surface area contributed by atoms with Crippen LogP contribution in [0.4, 0.5) is 0 Å². The van der Waals surface area contributed by atoms with Gasteiger partial charge in [-0.3, -0.25) is 29.8 Å². The third kappa shape index (κ3) is 2.29. The molecule has 2 aliphatic heterocycles. The van der Waals surface area contributed by atoms with Crippen LogP contribution < -0.4 is 10.6 Å². The molecule has 0 atom stereocenters. The number of fused-ring (bicyclic) bond motifs is 2. The predicted molar refractivity (Wildman–Crippen MR) is 99.4 cm³/mol. The average Bonchev–Trinajstić information content (AvgIpc) is 3.03. The summed E-state index contributed by atoms with van der Waals surface area (Å²) in [7, 11) is 0. The first-order valence-electron chi connectivity index (χ1n) is 7.67. The zero-order valence-electron chi connectivity index (χ0n) is 13.3. The normalized spacial score (nSPS) is 15.2. The van der Waals surface area contributed by atoms with Crippen molar-refractivity contribution in [1.82, 2.24) is 10.6 Å². The lowest BCUT2D eigenvalue weighted by Crippen LogP contribution is -2.21. The van der Waals surface area contributed by atoms with Gasteiger partial charge < -0.3 is 0 Å². The summed E-state index contributed by atoms with van der Waals surface area (Å²) in [5.41, 5.74) is 2.34. The first-order chi connectivity index (χ1) is 12.3. The van der Waals surface area contributed by atoms with E-state index in [-0.39, 0.29) is 11.1 Å². The van der Waals surface area contributed by atoms with Crippen molar-refractivity contribution < 1.29 is 19.2 Å². The van der Waals surface area contributed by atoms with E-state index in [1.807, 2.05) is 6.92 Å². The standard InChI is InChI=1S/C18H10Br2N2O4/c1-6(11-9(19)4-2-7-13(11)17(25)21-15(7)23)12-10(20)5-3-8-14(12)18(26)22-16(8)24/h2-6H,1H3,(H,21,23,25)(H,22,24,26). The smallest absolute Gasteiger partial charge is 0.259 e. The van der Waals surface area contributed by atoms with Crippen molar-refractivity contribution >= 4 is 55.5 Å². The molecular weight excluding hydrogens is 468 g/mol. The molecule has 6 nitrogen and oxygen atoms in total. The number of amides is 4. The molecule has 130 valence electrons. The van der Waals surface area contributed by atoms with E-state index in [4.69, 9.17) is 0 Å². The molecule has 0 aliphatic carbocycles. The van der Waals surface area contributed by atoms with Crippen molar-refractivity contribution in [2.45, 2.75) is 12.8 Å². The van der Waals surface area contributed by atoms with E-state index in [0.29, 0.717) is 31.2 Å². The molecule has 0 fully saturated rings. The summed E-state index contributed by atoms with van der Waals surface area (Å²) < 4.78 is 1.28. The summed E-state index contributed by atoms with van der Waals surface area (Å²) in [6, 6.07) is 6.56. The van der Waals surface area contributed by atoms with Gasteiger partial charge in [0.05, 0.1) is 22.3 Å². The Labute approximate surface area is 164 Å². The van der Waals surface area contributed by atoms with Gasteiger partial charge in [0.25, 0.3) is 23.6 Å². The number of imide groups is 2. The molecule has 2 heterocycles. The van der Waals surface area contributed by atoms with Crippen LogP contribution in [0.25, 0.3) is 0 Å². The summed E-state index contributed by atoms with van der Waals surface area (Å²) in [5, 5.41) is 4.59. The van der Waals surface area contributed by atoms with Crippen LogP contribution in [-0.2, 0) is 0 Å². The van der Waals surface area contributed by atoms with E-state index in [9.17, 15) is 19.2 Å². The van der Waals surface area contributed by atoms with E-state index < -0.39 is 29.5 Å².